The first-order valence-corrected chi connectivity index (χ1v) is 6.72. The van der Waals surface area contributed by atoms with Gasteiger partial charge in [-0.15, -0.1) is 0 Å². The number of benzene rings is 1. The highest BCUT2D eigenvalue weighted by Gasteiger charge is 2.16. The van der Waals surface area contributed by atoms with Gasteiger partial charge in [0.2, 0.25) is 0 Å². The molecule has 0 bridgehead atoms. The van der Waals surface area contributed by atoms with Gasteiger partial charge in [-0.3, -0.25) is 0 Å². The van der Waals surface area contributed by atoms with Crippen molar-refractivity contribution in [3.63, 3.8) is 0 Å². The Bertz CT molecular complexity index is 488. The molecule has 2 N–H and O–H groups in total. The van der Waals surface area contributed by atoms with Crippen molar-refractivity contribution in [1.29, 1.82) is 0 Å². The Morgan fingerprint density at radius 1 is 1.25 bits per heavy atom. The average Bonchev–Trinajstić information content (AvgIpc) is 2.92. The van der Waals surface area contributed by atoms with E-state index in [1.54, 1.807) is 0 Å². The van der Waals surface area contributed by atoms with Crippen LogP contribution in [0.2, 0.25) is 0 Å². The Hall–Kier alpha value is -1.69. The van der Waals surface area contributed by atoms with Crippen molar-refractivity contribution in [2.24, 2.45) is 0 Å². The number of carbonyl (C=O) groups excluding carboxylic acids is 1. The van der Waals surface area contributed by atoms with Crippen LogP contribution < -0.4 is 5.73 Å². The van der Waals surface area contributed by atoms with Crippen molar-refractivity contribution >= 4 is 11.7 Å². The summed E-state index contributed by atoms with van der Waals surface area (Å²) in [5, 5.41) is 0. The molecular weight excluding hydrogens is 266 g/mol. The number of nitrogens with zero attached hydrogens (tertiary/aromatic N) is 1. The predicted octanol–water partition coefficient (Wildman–Crippen LogP) is 2.19. The number of likely N-dealkylation sites (tertiary alicyclic amines) is 1. The number of ether oxygens (including phenoxy) is 1. The summed E-state index contributed by atoms with van der Waals surface area (Å²) < 4.78 is 31.4. The van der Waals surface area contributed by atoms with Gasteiger partial charge in [-0.05, 0) is 38.4 Å². The zero-order valence-electron chi connectivity index (χ0n) is 11.2. The molecule has 0 aromatic heterocycles. The fourth-order valence-electron chi connectivity index (χ4n) is 2.26. The van der Waals surface area contributed by atoms with Crippen LogP contribution in [0.4, 0.5) is 14.5 Å². The lowest BCUT2D eigenvalue weighted by atomic mass is 10.2. The van der Waals surface area contributed by atoms with E-state index in [4.69, 9.17) is 10.5 Å². The van der Waals surface area contributed by atoms with Crippen LogP contribution >= 0.6 is 0 Å². The molecule has 0 amide bonds. The fraction of sp³-hybridized carbons (Fsp3) is 0.500. The highest BCUT2D eigenvalue weighted by atomic mass is 19.1. The van der Waals surface area contributed by atoms with Crippen LogP contribution in [0.1, 0.15) is 29.6 Å². The lowest BCUT2D eigenvalue weighted by molar-refractivity contribution is 0.0485. The smallest absolute Gasteiger partial charge is 0.341 e. The van der Waals surface area contributed by atoms with Gasteiger partial charge in [-0.1, -0.05) is 0 Å². The molecule has 0 saturated carbocycles. The van der Waals surface area contributed by atoms with E-state index in [1.807, 2.05) is 0 Å². The highest BCUT2D eigenvalue weighted by molar-refractivity contribution is 5.90. The number of esters is 1. The van der Waals surface area contributed by atoms with Crippen LogP contribution in [0.25, 0.3) is 0 Å². The van der Waals surface area contributed by atoms with Gasteiger partial charge in [0.05, 0.1) is 17.9 Å². The molecule has 1 heterocycles. The zero-order valence-corrected chi connectivity index (χ0v) is 11.2. The Kier molecular flexibility index (Phi) is 4.89. The summed E-state index contributed by atoms with van der Waals surface area (Å²) in [4.78, 5) is 14.0. The minimum absolute atomic E-state index is 0.214. The first-order valence-electron chi connectivity index (χ1n) is 6.72. The van der Waals surface area contributed by atoms with Gasteiger partial charge in [0.25, 0.3) is 0 Å². The molecule has 0 spiro atoms. The molecule has 0 atom stereocenters. The first kappa shape index (κ1) is 14.7. The van der Waals surface area contributed by atoms with Crippen LogP contribution in [0.3, 0.4) is 0 Å². The van der Waals surface area contributed by atoms with Crippen LogP contribution in [0.5, 0.6) is 0 Å². The molecule has 6 heteroatoms. The Morgan fingerprint density at radius 3 is 2.65 bits per heavy atom. The highest BCUT2D eigenvalue weighted by Crippen LogP contribution is 2.17. The van der Waals surface area contributed by atoms with E-state index in [-0.39, 0.29) is 17.9 Å². The SMILES string of the molecule is Nc1cc(C(=O)OCCCN2CCCC2)c(F)cc1F. The van der Waals surface area contributed by atoms with E-state index < -0.39 is 17.6 Å². The maximum Gasteiger partial charge on any atom is 0.341 e. The van der Waals surface area contributed by atoms with Crippen LogP contribution in [-0.2, 0) is 4.74 Å². The number of carbonyl (C=O) groups is 1. The van der Waals surface area contributed by atoms with Crippen molar-refractivity contribution in [2.75, 3.05) is 32.0 Å². The summed E-state index contributed by atoms with van der Waals surface area (Å²) in [6.07, 6.45) is 3.11. The maximum atomic E-state index is 13.4. The largest absolute Gasteiger partial charge is 0.462 e. The monoisotopic (exact) mass is 284 g/mol. The second kappa shape index (κ2) is 6.65. The third-order valence-electron chi connectivity index (χ3n) is 3.36. The van der Waals surface area contributed by atoms with Gasteiger partial charge < -0.3 is 15.4 Å². The summed E-state index contributed by atoms with van der Waals surface area (Å²) >= 11 is 0. The van der Waals surface area contributed by atoms with Gasteiger partial charge in [0.1, 0.15) is 11.6 Å². The zero-order chi connectivity index (χ0) is 14.5. The number of hydrogen-bond acceptors (Lipinski definition) is 4. The maximum absolute atomic E-state index is 13.4. The molecule has 1 aliphatic heterocycles. The summed E-state index contributed by atoms with van der Waals surface area (Å²) in [5.41, 5.74) is 4.71. The van der Waals surface area contributed by atoms with Crippen LogP contribution in [0.15, 0.2) is 12.1 Å². The minimum atomic E-state index is -0.957. The number of anilines is 1. The van der Waals surface area contributed by atoms with Gasteiger partial charge in [-0.25, -0.2) is 13.6 Å². The molecule has 1 aromatic rings. The molecule has 1 saturated heterocycles. The molecule has 20 heavy (non-hydrogen) atoms. The Balaban J connectivity index is 1.81. The molecule has 110 valence electrons. The molecule has 0 radical (unpaired) electrons. The van der Waals surface area contributed by atoms with E-state index in [0.717, 1.165) is 25.7 Å². The molecule has 4 nitrogen and oxygen atoms in total. The van der Waals surface area contributed by atoms with Crippen molar-refractivity contribution in [1.82, 2.24) is 4.90 Å². The quantitative estimate of drug-likeness (QED) is 0.511. The standard InChI is InChI=1S/C14H18F2N2O2/c15-11-9-12(16)13(17)8-10(11)14(19)20-7-3-6-18-4-1-2-5-18/h8-9H,1-7,17H2. The third kappa shape index (κ3) is 3.66. The van der Waals surface area contributed by atoms with Crippen molar-refractivity contribution < 1.29 is 18.3 Å². The normalized spacial score (nSPS) is 15.5. The van der Waals surface area contributed by atoms with Crippen molar-refractivity contribution in [3.05, 3.63) is 29.3 Å². The number of halogens is 2. The van der Waals surface area contributed by atoms with Crippen molar-refractivity contribution in [3.8, 4) is 0 Å². The van der Waals surface area contributed by atoms with Gasteiger partial charge in [0, 0.05) is 12.6 Å². The fourth-order valence-corrected chi connectivity index (χ4v) is 2.26. The Labute approximate surface area is 116 Å². The molecule has 1 fully saturated rings. The van der Waals surface area contributed by atoms with E-state index in [1.165, 1.54) is 12.8 Å². The summed E-state index contributed by atoms with van der Waals surface area (Å²) in [6, 6.07) is 1.56. The molecule has 1 aliphatic rings. The van der Waals surface area contributed by atoms with Gasteiger partial charge in [0.15, 0.2) is 0 Å². The lowest BCUT2D eigenvalue weighted by Gasteiger charge is -2.14. The topological polar surface area (TPSA) is 55.6 Å². The molecule has 0 unspecified atom stereocenters. The number of hydrogen-bond donors (Lipinski definition) is 1. The predicted molar refractivity (Wildman–Crippen MR) is 71.3 cm³/mol. The summed E-state index contributed by atoms with van der Waals surface area (Å²) in [5.74, 6) is -2.65. The molecule has 2 rings (SSSR count). The molecule has 1 aromatic carbocycles. The minimum Gasteiger partial charge on any atom is -0.462 e. The van der Waals surface area contributed by atoms with Gasteiger partial charge in [-0.2, -0.15) is 0 Å². The first-order chi connectivity index (χ1) is 9.58. The van der Waals surface area contributed by atoms with Crippen molar-refractivity contribution in [2.45, 2.75) is 19.3 Å². The third-order valence-corrected chi connectivity index (χ3v) is 3.36. The molecule has 0 aliphatic carbocycles. The van der Waals surface area contributed by atoms with Gasteiger partial charge >= 0.3 is 5.97 Å². The van der Waals surface area contributed by atoms with E-state index in [2.05, 4.69) is 4.90 Å². The number of nitrogen functional groups attached to an aromatic ring is 1. The Morgan fingerprint density at radius 2 is 1.95 bits per heavy atom. The molecular formula is C14H18F2N2O2. The number of nitrogens with two attached hydrogens (primary N) is 1. The second-order valence-electron chi connectivity index (χ2n) is 4.89. The van der Waals surface area contributed by atoms with E-state index in [0.29, 0.717) is 12.5 Å². The van der Waals surface area contributed by atoms with E-state index in [9.17, 15) is 13.6 Å². The lowest BCUT2D eigenvalue weighted by Crippen LogP contribution is -2.22. The summed E-state index contributed by atoms with van der Waals surface area (Å²) in [6.45, 7) is 3.24. The second-order valence-corrected chi connectivity index (χ2v) is 4.89. The number of rotatable bonds is 5. The average molecular weight is 284 g/mol. The summed E-state index contributed by atoms with van der Waals surface area (Å²) in [7, 11) is 0. The van der Waals surface area contributed by atoms with Crippen LogP contribution in [0, 0.1) is 11.6 Å². The van der Waals surface area contributed by atoms with Crippen LogP contribution in [-0.4, -0.2) is 37.1 Å². The van der Waals surface area contributed by atoms with E-state index >= 15 is 0 Å².